The molecule has 13 heteroatoms. The van der Waals surface area contributed by atoms with Gasteiger partial charge < -0.3 is 15.7 Å². The second-order valence-electron chi connectivity index (χ2n) is 9.93. The maximum atomic E-state index is 12.0. The zero-order chi connectivity index (χ0) is 27.5. The van der Waals surface area contributed by atoms with E-state index in [2.05, 4.69) is 61.4 Å². The predicted molar refractivity (Wildman–Crippen MR) is 150 cm³/mol. The Morgan fingerprint density at radius 2 is 1.97 bits per heavy atom. The van der Waals surface area contributed by atoms with Crippen molar-refractivity contribution in [2.75, 3.05) is 54.5 Å². The van der Waals surface area contributed by atoms with E-state index in [0.717, 1.165) is 35.8 Å². The molecule has 1 aliphatic rings. The fourth-order valence-corrected chi connectivity index (χ4v) is 5.25. The summed E-state index contributed by atoms with van der Waals surface area (Å²) < 4.78 is 25.1. The van der Waals surface area contributed by atoms with Crippen LogP contribution in [0.2, 0.25) is 5.02 Å². The zero-order valence-electron chi connectivity index (χ0n) is 21.9. The number of aliphatic hydroxyl groups is 1. The number of nitrogens with one attached hydrogen (secondary N) is 2. The van der Waals surface area contributed by atoms with Gasteiger partial charge in [0.25, 0.3) is 0 Å². The highest BCUT2D eigenvalue weighted by molar-refractivity contribution is 7.92. The highest BCUT2D eigenvalue weighted by Crippen LogP contribution is 2.33. The number of aromatic nitrogens is 4. The largest absolute Gasteiger partial charge is 0.395 e. The van der Waals surface area contributed by atoms with E-state index in [0.29, 0.717) is 29.0 Å². The van der Waals surface area contributed by atoms with Crippen LogP contribution in [0.15, 0.2) is 36.8 Å². The summed E-state index contributed by atoms with van der Waals surface area (Å²) >= 11 is 6.34. The van der Waals surface area contributed by atoms with Crippen LogP contribution < -0.4 is 14.9 Å². The van der Waals surface area contributed by atoms with Gasteiger partial charge in [-0.3, -0.25) is 14.2 Å². The minimum Gasteiger partial charge on any atom is -0.395 e. The molecule has 4 rings (SSSR count). The molecule has 2 aromatic heterocycles. The Hall–Kier alpha value is -3.06. The maximum absolute atomic E-state index is 12.0. The normalized spacial score (nSPS) is 15.4. The number of nitrogens with zero attached hydrogens (tertiary/aromatic N) is 6. The van der Waals surface area contributed by atoms with E-state index in [9.17, 15) is 13.5 Å². The standard InChI is InChI=1S/C25H33ClN8O3S/c1-25(2)16-34(11-12-35)10-7-17-13-18(5-6-19(17)25)31-24-30-14-20(26)22(32-24)29-15-21-23(28-9-8-27-21)33(3)38(4,36)37/h5-6,8-9,13-14,35H,7,10-12,15-16H2,1-4H3,(H2,29,30,31,32). The molecular weight excluding hydrogens is 528 g/mol. The number of rotatable bonds is 9. The highest BCUT2D eigenvalue weighted by Gasteiger charge is 2.29. The van der Waals surface area contributed by atoms with Gasteiger partial charge in [-0.15, -0.1) is 0 Å². The second kappa shape index (κ2) is 11.4. The smallest absolute Gasteiger partial charge is 0.233 e. The summed E-state index contributed by atoms with van der Waals surface area (Å²) in [7, 11) is -2.08. The molecule has 3 N–H and O–H groups in total. The lowest BCUT2D eigenvalue weighted by Crippen LogP contribution is -2.37. The summed E-state index contributed by atoms with van der Waals surface area (Å²) in [5.41, 5.74) is 3.78. The number of benzene rings is 1. The van der Waals surface area contributed by atoms with Gasteiger partial charge in [0.2, 0.25) is 16.0 Å². The van der Waals surface area contributed by atoms with Crippen molar-refractivity contribution in [2.24, 2.45) is 0 Å². The highest BCUT2D eigenvalue weighted by atomic mass is 35.5. The van der Waals surface area contributed by atoms with Crippen LogP contribution in [-0.2, 0) is 28.4 Å². The zero-order valence-corrected chi connectivity index (χ0v) is 23.5. The van der Waals surface area contributed by atoms with Gasteiger partial charge in [0, 0.05) is 50.2 Å². The van der Waals surface area contributed by atoms with Crippen LogP contribution >= 0.6 is 11.6 Å². The third-order valence-corrected chi connectivity index (χ3v) is 7.98. The summed E-state index contributed by atoms with van der Waals surface area (Å²) in [6, 6.07) is 6.28. The Balaban J connectivity index is 1.51. The quantitative estimate of drug-likeness (QED) is 0.358. The molecule has 0 radical (unpaired) electrons. The fraction of sp³-hybridized carbons (Fsp3) is 0.440. The van der Waals surface area contributed by atoms with Gasteiger partial charge in [0.15, 0.2) is 11.6 Å². The molecule has 0 bridgehead atoms. The van der Waals surface area contributed by atoms with Gasteiger partial charge in [-0.25, -0.2) is 18.4 Å². The average Bonchev–Trinajstić information content (AvgIpc) is 2.98. The SMILES string of the molecule is CN(c1nccnc1CNc1nc(Nc2ccc3c(c2)CCN(CCO)CC3(C)C)ncc1Cl)S(C)(=O)=O. The van der Waals surface area contributed by atoms with Crippen LogP contribution in [0, 0.1) is 0 Å². The molecule has 0 unspecified atom stereocenters. The van der Waals surface area contributed by atoms with Gasteiger partial charge in [-0.05, 0) is 29.7 Å². The topological polar surface area (TPSA) is 136 Å². The van der Waals surface area contributed by atoms with Crippen molar-refractivity contribution < 1.29 is 13.5 Å². The Morgan fingerprint density at radius 1 is 1.21 bits per heavy atom. The number of halogens is 1. The van der Waals surface area contributed by atoms with Crippen LogP contribution in [0.3, 0.4) is 0 Å². The average molecular weight is 561 g/mol. The van der Waals surface area contributed by atoms with Crippen molar-refractivity contribution in [3.05, 3.63) is 58.6 Å². The van der Waals surface area contributed by atoms with Crippen molar-refractivity contribution in [1.82, 2.24) is 24.8 Å². The third-order valence-electron chi connectivity index (χ3n) is 6.54. The summed E-state index contributed by atoms with van der Waals surface area (Å²) in [6.07, 6.45) is 6.41. The first-order chi connectivity index (χ1) is 18.0. The van der Waals surface area contributed by atoms with E-state index >= 15 is 0 Å². The first-order valence-corrected chi connectivity index (χ1v) is 14.4. The lowest BCUT2D eigenvalue weighted by Gasteiger charge is -2.30. The second-order valence-corrected chi connectivity index (χ2v) is 12.4. The monoisotopic (exact) mass is 560 g/mol. The van der Waals surface area contributed by atoms with Crippen LogP contribution in [0.25, 0.3) is 0 Å². The molecule has 11 nitrogen and oxygen atoms in total. The molecular formula is C25H33ClN8O3S. The molecule has 0 saturated heterocycles. The van der Waals surface area contributed by atoms with Crippen LogP contribution in [-0.4, -0.2) is 77.9 Å². The van der Waals surface area contributed by atoms with Gasteiger partial charge >= 0.3 is 0 Å². The molecule has 0 atom stereocenters. The minimum absolute atomic E-state index is 0.0439. The number of hydrogen-bond donors (Lipinski definition) is 3. The molecule has 3 aromatic rings. The van der Waals surface area contributed by atoms with E-state index in [4.69, 9.17) is 11.6 Å². The van der Waals surface area contributed by atoms with E-state index in [1.807, 2.05) is 6.07 Å². The molecule has 38 heavy (non-hydrogen) atoms. The Bertz CT molecular complexity index is 1400. The molecule has 1 aromatic carbocycles. The van der Waals surface area contributed by atoms with Gasteiger partial charge in [0.1, 0.15) is 10.7 Å². The molecule has 0 amide bonds. The number of fused-ring (bicyclic) bond motifs is 1. The van der Waals surface area contributed by atoms with E-state index < -0.39 is 10.0 Å². The van der Waals surface area contributed by atoms with Crippen LogP contribution in [0.4, 0.5) is 23.3 Å². The van der Waals surface area contributed by atoms with Crippen molar-refractivity contribution in [3.8, 4) is 0 Å². The first kappa shape index (κ1) is 28.0. The van der Waals surface area contributed by atoms with Crippen molar-refractivity contribution in [2.45, 2.75) is 32.2 Å². The van der Waals surface area contributed by atoms with Crippen LogP contribution in [0.5, 0.6) is 0 Å². The number of anilines is 4. The lowest BCUT2D eigenvalue weighted by molar-refractivity contribution is 0.178. The molecule has 0 saturated carbocycles. The predicted octanol–water partition coefficient (Wildman–Crippen LogP) is 2.80. The van der Waals surface area contributed by atoms with Crippen LogP contribution in [0.1, 0.15) is 30.7 Å². The number of hydrogen-bond acceptors (Lipinski definition) is 10. The maximum Gasteiger partial charge on any atom is 0.233 e. The van der Waals surface area contributed by atoms with Gasteiger partial charge in [-0.1, -0.05) is 31.5 Å². The minimum atomic E-state index is -3.51. The number of β-amino-alcohol motifs (C(OH)–C–C–N with tert-alkyl or cyclic N) is 1. The van der Waals surface area contributed by atoms with Gasteiger partial charge in [0.05, 0.1) is 25.6 Å². The number of aliphatic hydroxyl groups excluding tert-OH is 1. The molecule has 0 aliphatic carbocycles. The molecule has 1 aliphatic heterocycles. The summed E-state index contributed by atoms with van der Waals surface area (Å²) in [4.78, 5) is 19.6. The fourth-order valence-electron chi connectivity index (χ4n) is 4.62. The van der Waals surface area contributed by atoms with Crippen molar-refractivity contribution in [3.63, 3.8) is 0 Å². The molecule has 3 heterocycles. The first-order valence-electron chi connectivity index (χ1n) is 12.2. The Morgan fingerprint density at radius 3 is 2.71 bits per heavy atom. The van der Waals surface area contributed by atoms with E-state index in [1.54, 1.807) is 0 Å². The van der Waals surface area contributed by atoms with E-state index in [-0.39, 0.29) is 24.4 Å². The van der Waals surface area contributed by atoms with E-state index in [1.165, 1.54) is 36.8 Å². The molecule has 204 valence electrons. The lowest BCUT2D eigenvalue weighted by atomic mass is 9.81. The summed E-state index contributed by atoms with van der Waals surface area (Å²) in [5.74, 6) is 0.953. The summed E-state index contributed by atoms with van der Waals surface area (Å²) in [6.45, 7) is 7.18. The summed E-state index contributed by atoms with van der Waals surface area (Å²) in [5, 5.41) is 16.1. The Kier molecular flexibility index (Phi) is 8.36. The van der Waals surface area contributed by atoms with Gasteiger partial charge in [-0.2, -0.15) is 4.98 Å². The Labute approximate surface area is 228 Å². The number of sulfonamides is 1. The van der Waals surface area contributed by atoms with Crippen molar-refractivity contribution >= 4 is 44.9 Å². The molecule has 0 spiro atoms. The third kappa shape index (κ3) is 6.49. The van der Waals surface area contributed by atoms with Crippen molar-refractivity contribution in [1.29, 1.82) is 0 Å². The molecule has 0 fully saturated rings.